The van der Waals surface area contributed by atoms with Crippen molar-refractivity contribution in [1.82, 2.24) is 29.7 Å². The van der Waals surface area contributed by atoms with Crippen molar-refractivity contribution in [2.45, 2.75) is 6.10 Å². The number of nitrogens with zero attached hydrogens (tertiary/aromatic N) is 6. The van der Waals surface area contributed by atoms with Gasteiger partial charge in [-0.05, 0) is 19.2 Å². The Balaban J connectivity index is 1.44. The lowest BCUT2D eigenvalue weighted by Crippen LogP contribution is -2.47. The molecule has 3 aromatic rings. The van der Waals surface area contributed by atoms with Crippen molar-refractivity contribution in [3.63, 3.8) is 0 Å². The number of rotatable bonds is 3. The summed E-state index contributed by atoms with van der Waals surface area (Å²) < 4.78 is 6.00. The second-order valence-electron chi connectivity index (χ2n) is 8.41. The Bertz CT molecular complexity index is 1160. The number of aromatic nitrogens is 3. The monoisotopic (exact) mass is 446 g/mol. The highest BCUT2D eigenvalue weighted by atomic mass is 16.5. The molecule has 2 amide bonds. The number of fused-ring (bicyclic) bond motifs is 1. The maximum atomic E-state index is 13.5. The lowest BCUT2D eigenvalue weighted by Gasteiger charge is -2.34. The number of likely N-dealkylation sites (N-methyl/N-ethyl adjacent to an activating group) is 1. The van der Waals surface area contributed by atoms with Gasteiger partial charge < -0.3 is 19.4 Å². The number of pyridine rings is 1. The molecule has 9 nitrogen and oxygen atoms in total. The van der Waals surface area contributed by atoms with Crippen molar-refractivity contribution in [2.75, 3.05) is 52.9 Å². The molecule has 170 valence electrons. The lowest BCUT2D eigenvalue weighted by molar-refractivity contribution is -0.0248. The smallest absolute Gasteiger partial charge is 0.274 e. The number of carbonyl (C=O) groups excluding carboxylic acids is 2. The van der Waals surface area contributed by atoms with E-state index in [9.17, 15) is 9.59 Å². The van der Waals surface area contributed by atoms with Gasteiger partial charge in [0, 0.05) is 50.5 Å². The highest BCUT2D eigenvalue weighted by molar-refractivity contribution is 6.06. The second kappa shape index (κ2) is 9.21. The van der Waals surface area contributed by atoms with E-state index >= 15 is 0 Å². The topological polar surface area (TPSA) is 91.8 Å². The van der Waals surface area contributed by atoms with E-state index in [-0.39, 0.29) is 11.8 Å². The van der Waals surface area contributed by atoms with Crippen molar-refractivity contribution in [1.29, 1.82) is 0 Å². The average Bonchev–Trinajstić information content (AvgIpc) is 2.88. The van der Waals surface area contributed by atoms with Gasteiger partial charge in [0.1, 0.15) is 11.8 Å². The third-order valence-corrected chi connectivity index (χ3v) is 6.22. The molecule has 1 aromatic carbocycles. The van der Waals surface area contributed by atoms with Crippen LogP contribution in [0.2, 0.25) is 0 Å². The van der Waals surface area contributed by atoms with Crippen LogP contribution in [0.1, 0.15) is 32.6 Å². The molecule has 1 atom stereocenters. The van der Waals surface area contributed by atoms with E-state index in [1.54, 1.807) is 4.90 Å². The molecule has 5 rings (SSSR count). The molecule has 0 unspecified atom stereocenters. The average molecular weight is 447 g/mol. The molecule has 2 aliphatic rings. The summed E-state index contributed by atoms with van der Waals surface area (Å²) in [6.45, 7) is 4.28. The Morgan fingerprint density at radius 2 is 1.82 bits per heavy atom. The number of ether oxygens (including phenoxy) is 1. The molecule has 0 radical (unpaired) electrons. The molecule has 0 bridgehead atoms. The van der Waals surface area contributed by atoms with E-state index in [1.807, 2.05) is 35.2 Å². The van der Waals surface area contributed by atoms with Gasteiger partial charge in [-0.25, -0.2) is 9.97 Å². The van der Waals surface area contributed by atoms with E-state index in [4.69, 9.17) is 9.72 Å². The van der Waals surface area contributed by atoms with Crippen molar-refractivity contribution in [2.24, 2.45) is 0 Å². The minimum absolute atomic E-state index is 0.00579. The third kappa shape index (κ3) is 4.42. The van der Waals surface area contributed by atoms with E-state index < -0.39 is 6.10 Å². The number of morpholine rings is 1. The summed E-state index contributed by atoms with van der Waals surface area (Å²) in [7, 11) is 2.07. The number of carbonyl (C=O) groups is 2. The van der Waals surface area contributed by atoms with Crippen LogP contribution in [0.15, 0.2) is 48.9 Å². The SMILES string of the molecule is CN1CCN(C(=O)c2cc([C@H]3CN(C(=O)c4cnccn4)CCO3)nc3ccccc23)CC1. The maximum Gasteiger partial charge on any atom is 0.274 e. The molecular weight excluding hydrogens is 420 g/mol. The second-order valence-corrected chi connectivity index (χ2v) is 8.41. The predicted octanol–water partition coefficient (Wildman–Crippen LogP) is 1.63. The van der Waals surface area contributed by atoms with Crippen LogP contribution >= 0.6 is 0 Å². The van der Waals surface area contributed by atoms with Gasteiger partial charge in [0.25, 0.3) is 11.8 Å². The van der Waals surface area contributed by atoms with Crippen LogP contribution in [0.25, 0.3) is 10.9 Å². The van der Waals surface area contributed by atoms with Gasteiger partial charge in [0.05, 0.1) is 36.1 Å². The summed E-state index contributed by atoms with van der Waals surface area (Å²) >= 11 is 0. The zero-order valence-electron chi connectivity index (χ0n) is 18.6. The quantitative estimate of drug-likeness (QED) is 0.604. The van der Waals surface area contributed by atoms with Crippen LogP contribution in [-0.4, -0.2) is 94.4 Å². The van der Waals surface area contributed by atoms with Crippen LogP contribution in [0, 0.1) is 0 Å². The molecule has 0 N–H and O–H groups in total. The molecule has 2 saturated heterocycles. The van der Waals surface area contributed by atoms with Gasteiger partial charge in [0.15, 0.2) is 0 Å². The first-order valence-electron chi connectivity index (χ1n) is 11.1. The molecule has 4 heterocycles. The predicted molar refractivity (Wildman–Crippen MR) is 122 cm³/mol. The minimum atomic E-state index is -0.428. The Hall–Kier alpha value is -3.43. The van der Waals surface area contributed by atoms with Crippen molar-refractivity contribution < 1.29 is 14.3 Å². The van der Waals surface area contributed by atoms with Gasteiger partial charge in [-0.3, -0.25) is 14.6 Å². The first-order valence-corrected chi connectivity index (χ1v) is 11.1. The maximum absolute atomic E-state index is 13.5. The zero-order chi connectivity index (χ0) is 22.8. The zero-order valence-corrected chi connectivity index (χ0v) is 18.6. The van der Waals surface area contributed by atoms with E-state index in [1.165, 1.54) is 18.6 Å². The molecule has 0 saturated carbocycles. The molecular formula is C24H26N6O3. The number of piperazine rings is 1. The van der Waals surface area contributed by atoms with Gasteiger partial charge in [-0.15, -0.1) is 0 Å². The largest absolute Gasteiger partial charge is 0.368 e. The first kappa shape index (κ1) is 21.4. The Morgan fingerprint density at radius 1 is 1.00 bits per heavy atom. The summed E-state index contributed by atoms with van der Waals surface area (Å²) in [6.07, 6.45) is 4.08. The number of amides is 2. The van der Waals surface area contributed by atoms with Crippen molar-refractivity contribution in [3.8, 4) is 0 Å². The fourth-order valence-corrected chi connectivity index (χ4v) is 4.30. The van der Waals surface area contributed by atoms with Gasteiger partial charge >= 0.3 is 0 Å². The molecule has 9 heteroatoms. The summed E-state index contributed by atoms with van der Waals surface area (Å²) in [5, 5.41) is 0.827. The number of para-hydroxylation sites is 1. The van der Waals surface area contributed by atoms with Crippen molar-refractivity contribution in [3.05, 3.63) is 65.9 Å². The van der Waals surface area contributed by atoms with E-state index in [2.05, 4.69) is 21.9 Å². The third-order valence-electron chi connectivity index (χ3n) is 6.22. The van der Waals surface area contributed by atoms with Crippen LogP contribution in [0.4, 0.5) is 0 Å². The fourth-order valence-electron chi connectivity index (χ4n) is 4.30. The van der Waals surface area contributed by atoms with Gasteiger partial charge in [-0.1, -0.05) is 18.2 Å². The highest BCUT2D eigenvalue weighted by Gasteiger charge is 2.30. The fraction of sp³-hybridized carbons (Fsp3) is 0.375. The van der Waals surface area contributed by atoms with Gasteiger partial charge in [-0.2, -0.15) is 0 Å². The lowest BCUT2D eigenvalue weighted by atomic mass is 10.0. The number of hydrogen-bond acceptors (Lipinski definition) is 7. The van der Waals surface area contributed by atoms with E-state index in [0.717, 1.165) is 24.0 Å². The Kier molecular flexibility index (Phi) is 5.97. The van der Waals surface area contributed by atoms with Crippen LogP contribution in [0.5, 0.6) is 0 Å². The molecule has 2 aromatic heterocycles. The summed E-state index contributed by atoms with van der Waals surface area (Å²) in [5.74, 6) is -0.183. The highest BCUT2D eigenvalue weighted by Crippen LogP contribution is 2.27. The normalized spacial score (nSPS) is 19.6. The van der Waals surface area contributed by atoms with Crippen LogP contribution in [-0.2, 0) is 4.74 Å². The number of hydrogen-bond donors (Lipinski definition) is 0. The number of benzene rings is 1. The Morgan fingerprint density at radius 3 is 2.61 bits per heavy atom. The first-order chi connectivity index (χ1) is 16.1. The molecule has 0 spiro atoms. The molecule has 2 fully saturated rings. The standard InChI is InChI=1S/C24H26N6O3/c1-28-8-10-29(11-9-28)23(31)18-14-20(27-19-5-3-2-4-17(18)19)22-16-30(12-13-33-22)24(32)21-15-25-6-7-26-21/h2-7,14-15,22H,8-13,16H2,1H3/t22-/m1/s1. The molecule has 33 heavy (non-hydrogen) atoms. The van der Waals surface area contributed by atoms with E-state index in [0.29, 0.717) is 49.7 Å². The molecule has 2 aliphatic heterocycles. The summed E-state index contributed by atoms with van der Waals surface area (Å²) in [4.78, 5) is 45.1. The summed E-state index contributed by atoms with van der Waals surface area (Å²) in [5.41, 5.74) is 2.33. The minimum Gasteiger partial charge on any atom is -0.368 e. The Labute approximate surface area is 192 Å². The molecule has 0 aliphatic carbocycles. The van der Waals surface area contributed by atoms with Crippen molar-refractivity contribution >= 4 is 22.7 Å². The van der Waals surface area contributed by atoms with Gasteiger partial charge in [0.2, 0.25) is 0 Å². The summed E-state index contributed by atoms with van der Waals surface area (Å²) in [6, 6.07) is 9.51. The van der Waals surface area contributed by atoms with Crippen LogP contribution < -0.4 is 0 Å². The van der Waals surface area contributed by atoms with Crippen LogP contribution in [0.3, 0.4) is 0 Å².